The summed E-state index contributed by atoms with van der Waals surface area (Å²) in [4.78, 5) is 28.0. The molecule has 1 aliphatic rings. The molecule has 4 rings (SSSR count). The fraction of sp³-hybridized carbons (Fsp3) is 0.150. The lowest BCUT2D eigenvalue weighted by atomic mass is 10.0. The first-order chi connectivity index (χ1) is 12.6. The van der Waals surface area contributed by atoms with Gasteiger partial charge in [0.25, 0.3) is 5.69 Å². The number of aromatic amines is 1. The van der Waals surface area contributed by atoms with Crippen LogP contribution in [0.3, 0.4) is 0 Å². The van der Waals surface area contributed by atoms with Gasteiger partial charge in [0.1, 0.15) is 0 Å². The maximum atomic E-state index is 12.5. The van der Waals surface area contributed by atoms with Crippen molar-refractivity contribution < 1.29 is 9.72 Å². The number of fused-ring (bicyclic) bond motifs is 3. The molecule has 26 heavy (non-hydrogen) atoms. The molecular formula is C20H17N3O3. The van der Waals surface area contributed by atoms with Crippen molar-refractivity contribution in [1.29, 1.82) is 0 Å². The summed E-state index contributed by atoms with van der Waals surface area (Å²) < 4.78 is 0. The van der Waals surface area contributed by atoms with Crippen LogP contribution in [0.4, 0.5) is 5.69 Å². The van der Waals surface area contributed by atoms with Crippen molar-refractivity contribution >= 4 is 28.6 Å². The molecule has 1 aromatic heterocycles. The highest BCUT2D eigenvalue weighted by Crippen LogP contribution is 2.27. The number of carbonyl (C=O) groups excluding carboxylic acids is 1. The molecule has 0 saturated carbocycles. The predicted molar refractivity (Wildman–Crippen MR) is 99.6 cm³/mol. The summed E-state index contributed by atoms with van der Waals surface area (Å²) in [5.74, 6) is -0.0562. The van der Waals surface area contributed by atoms with E-state index >= 15 is 0 Å². The molecule has 0 spiro atoms. The van der Waals surface area contributed by atoms with Gasteiger partial charge in [-0.15, -0.1) is 0 Å². The van der Waals surface area contributed by atoms with Gasteiger partial charge in [0.05, 0.1) is 4.92 Å². The van der Waals surface area contributed by atoms with Crippen molar-refractivity contribution in [3.63, 3.8) is 0 Å². The second kappa shape index (κ2) is 6.48. The first-order valence-corrected chi connectivity index (χ1v) is 8.42. The Morgan fingerprint density at radius 3 is 2.69 bits per heavy atom. The Labute approximate surface area is 149 Å². The number of nitrogens with zero attached hydrogens (tertiary/aromatic N) is 2. The Kier molecular flexibility index (Phi) is 4.01. The highest BCUT2D eigenvalue weighted by molar-refractivity contribution is 5.93. The minimum absolute atomic E-state index is 0.0383. The van der Waals surface area contributed by atoms with E-state index < -0.39 is 4.92 Å². The third kappa shape index (κ3) is 2.97. The van der Waals surface area contributed by atoms with Gasteiger partial charge in [0.15, 0.2) is 0 Å². The lowest BCUT2D eigenvalue weighted by Gasteiger charge is -2.26. The van der Waals surface area contributed by atoms with E-state index in [0.29, 0.717) is 13.1 Å². The van der Waals surface area contributed by atoms with Crippen LogP contribution in [0, 0.1) is 10.1 Å². The standard InChI is InChI=1S/C20H17N3O3/c24-20(10-7-14-5-8-15(9-6-14)23(25)26)22-12-11-19-17(13-22)16-3-1-2-4-18(16)21-19/h1-10,21H,11-13H2. The van der Waals surface area contributed by atoms with Crippen LogP contribution in [-0.2, 0) is 17.8 Å². The smallest absolute Gasteiger partial charge is 0.269 e. The third-order valence-corrected chi connectivity index (χ3v) is 4.72. The average Bonchev–Trinajstić information content (AvgIpc) is 3.04. The first kappa shape index (κ1) is 16.1. The number of carbonyl (C=O) groups is 1. The predicted octanol–water partition coefficient (Wildman–Crippen LogP) is 3.67. The van der Waals surface area contributed by atoms with Crippen LogP contribution in [-0.4, -0.2) is 27.3 Å². The van der Waals surface area contributed by atoms with Crippen molar-refractivity contribution in [2.24, 2.45) is 0 Å². The van der Waals surface area contributed by atoms with E-state index in [9.17, 15) is 14.9 Å². The highest BCUT2D eigenvalue weighted by Gasteiger charge is 2.22. The second-order valence-corrected chi connectivity index (χ2v) is 6.32. The van der Waals surface area contributed by atoms with Gasteiger partial charge < -0.3 is 9.88 Å². The molecule has 0 radical (unpaired) electrons. The van der Waals surface area contributed by atoms with Crippen LogP contribution in [0.25, 0.3) is 17.0 Å². The van der Waals surface area contributed by atoms with E-state index in [4.69, 9.17) is 0 Å². The molecule has 1 aliphatic heterocycles. The third-order valence-electron chi connectivity index (χ3n) is 4.72. The number of aromatic nitrogens is 1. The lowest BCUT2D eigenvalue weighted by Crippen LogP contribution is -2.34. The number of hydrogen-bond acceptors (Lipinski definition) is 3. The summed E-state index contributed by atoms with van der Waals surface area (Å²) in [6, 6.07) is 14.3. The molecule has 1 amide bonds. The molecule has 0 fully saturated rings. The Balaban J connectivity index is 1.49. The van der Waals surface area contributed by atoms with E-state index in [1.54, 1.807) is 18.2 Å². The Hall–Kier alpha value is -3.41. The maximum Gasteiger partial charge on any atom is 0.269 e. The number of nitro groups is 1. The van der Waals surface area contributed by atoms with E-state index in [-0.39, 0.29) is 11.6 Å². The van der Waals surface area contributed by atoms with E-state index in [1.807, 2.05) is 23.1 Å². The lowest BCUT2D eigenvalue weighted by molar-refractivity contribution is -0.384. The summed E-state index contributed by atoms with van der Waals surface area (Å²) in [7, 11) is 0. The number of rotatable bonds is 3. The van der Waals surface area contributed by atoms with Crippen LogP contribution in [0.5, 0.6) is 0 Å². The second-order valence-electron chi connectivity index (χ2n) is 6.32. The van der Waals surface area contributed by atoms with Gasteiger partial charge in [-0.05, 0) is 29.8 Å². The Morgan fingerprint density at radius 2 is 1.92 bits per heavy atom. The van der Waals surface area contributed by atoms with Crippen LogP contribution >= 0.6 is 0 Å². The molecule has 2 aromatic carbocycles. The molecule has 0 atom stereocenters. The molecule has 1 N–H and O–H groups in total. The van der Waals surface area contributed by atoms with E-state index in [0.717, 1.165) is 17.5 Å². The molecule has 3 aromatic rings. The van der Waals surface area contributed by atoms with E-state index in [2.05, 4.69) is 11.1 Å². The summed E-state index contributed by atoms with van der Waals surface area (Å²) in [5, 5.41) is 11.8. The molecule has 130 valence electrons. The minimum Gasteiger partial charge on any atom is -0.358 e. The zero-order valence-electron chi connectivity index (χ0n) is 14.0. The molecule has 6 heteroatoms. The topological polar surface area (TPSA) is 79.2 Å². The summed E-state index contributed by atoms with van der Waals surface area (Å²) >= 11 is 0. The first-order valence-electron chi connectivity index (χ1n) is 8.42. The van der Waals surface area contributed by atoms with Crippen LogP contribution in [0.2, 0.25) is 0 Å². The number of nitro benzene ring substituents is 1. The number of non-ortho nitro benzene ring substituents is 1. The molecule has 0 saturated heterocycles. The summed E-state index contributed by atoms with van der Waals surface area (Å²) in [6.45, 7) is 1.26. The number of benzene rings is 2. The van der Waals surface area contributed by atoms with Crippen molar-refractivity contribution in [3.8, 4) is 0 Å². The summed E-state index contributed by atoms with van der Waals surface area (Å²) in [5.41, 5.74) is 4.29. The van der Waals surface area contributed by atoms with Gasteiger partial charge in [-0.2, -0.15) is 0 Å². The monoisotopic (exact) mass is 347 g/mol. The fourth-order valence-electron chi connectivity index (χ4n) is 3.33. The van der Waals surface area contributed by atoms with Crippen LogP contribution in [0.15, 0.2) is 54.6 Å². The zero-order valence-corrected chi connectivity index (χ0v) is 14.0. The normalized spacial score (nSPS) is 13.9. The van der Waals surface area contributed by atoms with Crippen molar-refractivity contribution in [1.82, 2.24) is 9.88 Å². The van der Waals surface area contributed by atoms with Gasteiger partial charge in [-0.25, -0.2) is 0 Å². The van der Waals surface area contributed by atoms with Crippen LogP contribution in [0.1, 0.15) is 16.8 Å². The van der Waals surface area contributed by atoms with Crippen molar-refractivity contribution in [3.05, 3.63) is 81.5 Å². The molecule has 2 heterocycles. The quantitative estimate of drug-likeness (QED) is 0.446. The fourth-order valence-corrected chi connectivity index (χ4v) is 3.33. The number of para-hydroxylation sites is 1. The molecular weight excluding hydrogens is 330 g/mol. The maximum absolute atomic E-state index is 12.5. The number of H-pyrrole nitrogens is 1. The number of nitrogens with one attached hydrogen (secondary N) is 1. The molecule has 0 bridgehead atoms. The van der Waals surface area contributed by atoms with Gasteiger partial charge in [0, 0.05) is 59.9 Å². The largest absolute Gasteiger partial charge is 0.358 e. The van der Waals surface area contributed by atoms with Crippen LogP contribution < -0.4 is 0 Å². The van der Waals surface area contributed by atoms with Crippen molar-refractivity contribution in [2.45, 2.75) is 13.0 Å². The van der Waals surface area contributed by atoms with Gasteiger partial charge >= 0.3 is 0 Å². The molecule has 0 aliphatic carbocycles. The molecule has 6 nitrogen and oxygen atoms in total. The van der Waals surface area contributed by atoms with E-state index in [1.165, 1.54) is 34.9 Å². The molecule has 0 unspecified atom stereocenters. The Bertz CT molecular complexity index is 1020. The SMILES string of the molecule is O=C(C=Cc1ccc([N+](=O)[O-])cc1)N1CCc2[nH]c3ccccc3c2C1. The summed E-state index contributed by atoms with van der Waals surface area (Å²) in [6.07, 6.45) is 4.03. The van der Waals surface area contributed by atoms with Gasteiger partial charge in [-0.3, -0.25) is 14.9 Å². The number of hydrogen-bond donors (Lipinski definition) is 1. The Morgan fingerprint density at radius 1 is 1.15 bits per heavy atom. The van der Waals surface area contributed by atoms with Crippen molar-refractivity contribution in [2.75, 3.05) is 6.54 Å². The number of amides is 1. The highest BCUT2D eigenvalue weighted by atomic mass is 16.6. The average molecular weight is 347 g/mol. The minimum atomic E-state index is -0.439. The van der Waals surface area contributed by atoms with Gasteiger partial charge in [0.2, 0.25) is 5.91 Å². The zero-order chi connectivity index (χ0) is 18.1. The van der Waals surface area contributed by atoms with Gasteiger partial charge in [-0.1, -0.05) is 18.2 Å².